The van der Waals surface area contributed by atoms with Crippen molar-refractivity contribution in [1.29, 1.82) is 5.26 Å². The van der Waals surface area contributed by atoms with Gasteiger partial charge in [0.25, 0.3) is 0 Å². The molecule has 0 radical (unpaired) electrons. The van der Waals surface area contributed by atoms with E-state index in [1.807, 2.05) is 36.4 Å². The van der Waals surface area contributed by atoms with Gasteiger partial charge in [-0.2, -0.15) is 5.26 Å². The highest BCUT2D eigenvalue weighted by Gasteiger charge is 2.36. The smallest absolute Gasteiger partial charge is 0.249 e. The van der Waals surface area contributed by atoms with Crippen LogP contribution in [0.15, 0.2) is 60.8 Å². The number of pyridine rings is 1. The first-order valence-electron chi connectivity index (χ1n) is 9.25. The van der Waals surface area contributed by atoms with E-state index in [-0.39, 0.29) is 18.5 Å². The Hall–Kier alpha value is -3.20. The van der Waals surface area contributed by atoms with Crippen LogP contribution in [0.1, 0.15) is 36.4 Å². The number of carbonyl (C=O) groups excluding carboxylic acids is 1. The summed E-state index contributed by atoms with van der Waals surface area (Å²) in [5.74, 6) is 0.165. The molecule has 144 valence electrons. The zero-order chi connectivity index (χ0) is 19.9. The number of hydrogen-bond donors (Lipinski definition) is 0. The van der Waals surface area contributed by atoms with Gasteiger partial charge in [0, 0.05) is 24.3 Å². The van der Waals surface area contributed by atoms with Gasteiger partial charge in [0.15, 0.2) is 0 Å². The molecule has 1 aromatic carbocycles. The van der Waals surface area contributed by atoms with E-state index in [1.54, 1.807) is 17.0 Å². The molecule has 1 saturated heterocycles. The third-order valence-electron chi connectivity index (χ3n) is 4.73. The number of amides is 1. The van der Waals surface area contributed by atoms with E-state index < -0.39 is 6.17 Å². The molecule has 1 aliphatic heterocycles. The van der Waals surface area contributed by atoms with Crippen LogP contribution in [0.25, 0.3) is 0 Å². The number of aromatic nitrogens is 1. The molecule has 5 nitrogen and oxygen atoms in total. The van der Waals surface area contributed by atoms with Gasteiger partial charge < -0.3 is 9.64 Å². The lowest BCUT2D eigenvalue weighted by Gasteiger charge is -2.25. The highest BCUT2D eigenvalue weighted by Crippen LogP contribution is 2.34. The number of likely N-dealkylation sites (tertiary alicyclic amines) is 1. The van der Waals surface area contributed by atoms with E-state index in [4.69, 9.17) is 10.00 Å². The summed E-state index contributed by atoms with van der Waals surface area (Å²) < 4.78 is 19.5. The molecule has 6 heteroatoms. The van der Waals surface area contributed by atoms with Crippen molar-refractivity contribution in [2.75, 3.05) is 13.2 Å². The fourth-order valence-electron chi connectivity index (χ4n) is 3.33. The molecule has 1 aliphatic rings. The third kappa shape index (κ3) is 4.74. The number of ether oxygens (including phenoxy) is 1. The minimum absolute atomic E-state index is 0.0960. The third-order valence-corrected chi connectivity index (χ3v) is 4.73. The van der Waals surface area contributed by atoms with Crippen molar-refractivity contribution in [2.45, 2.75) is 31.5 Å². The predicted molar refractivity (Wildman–Crippen MR) is 103 cm³/mol. The maximum absolute atomic E-state index is 14.0. The van der Waals surface area contributed by atoms with Crippen LogP contribution in [-0.4, -0.2) is 35.1 Å². The largest absolute Gasteiger partial charge is 0.478 e. The SMILES string of the molecule is C=C(CCCOc1cc(C#N)ccn1)C(=O)N1CC(F)CC1c1ccccc1. The van der Waals surface area contributed by atoms with E-state index >= 15 is 0 Å². The molecule has 3 rings (SSSR count). The first-order chi connectivity index (χ1) is 13.6. The summed E-state index contributed by atoms with van der Waals surface area (Å²) in [6.45, 7) is 4.34. The summed E-state index contributed by atoms with van der Waals surface area (Å²) in [7, 11) is 0. The molecule has 0 bridgehead atoms. The van der Waals surface area contributed by atoms with Gasteiger partial charge in [0.2, 0.25) is 11.8 Å². The molecule has 2 aromatic rings. The second-order valence-electron chi connectivity index (χ2n) is 6.77. The van der Waals surface area contributed by atoms with Crippen molar-refractivity contribution in [3.05, 3.63) is 71.9 Å². The van der Waals surface area contributed by atoms with Crippen LogP contribution in [-0.2, 0) is 4.79 Å². The monoisotopic (exact) mass is 379 g/mol. The molecule has 2 unspecified atom stereocenters. The van der Waals surface area contributed by atoms with Gasteiger partial charge in [-0.25, -0.2) is 9.37 Å². The Morgan fingerprint density at radius 2 is 2.14 bits per heavy atom. The highest BCUT2D eigenvalue weighted by atomic mass is 19.1. The molecule has 0 spiro atoms. The Morgan fingerprint density at radius 3 is 2.89 bits per heavy atom. The summed E-state index contributed by atoms with van der Waals surface area (Å²) >= 11 is 0. The molecule has 1 amide bonds. The van der Waals surface area contributed by atoms with Gasteiger partial charge in [0.1, 0.15) is 6.17 Å². The van der Waals surface area contributed by atoms with E-state index in [0.717, 1.165) is 5.56 Å². The fourth-order valence-corrected chi connectivity index (χ4v) is 3.33. The maximum Gasteiger partial charge on any atom is 0.249 e. The molecule has 0 N–H and O–H groups in total. The molecule has 28 heavy (non-hydrogen) atoms. The first-order valence-corrected chi connectivity index (χ1v) is 9.25. The minimum Gasteiger partial charge on any atom is -0.478 e. The quantitative estimate of drug-likeness (QED) is 0.539. The summed E-state index contributed by atoms with van der Waals surface area (Å²) in [4.78, 5) is 18.4. The minimum atomic E-state index is -1.02. The van der Waals surface area contributed by atoms with Gasteiger partial charge in [-0.15, -0.1) is 0 Å². The zero-order valence-electron chi connectivity index (χ0n) is 15.6. The van der Waals surface area contributed by atoms with E-state index in [0.29, 0.717) is 42.9 Å². The van der Waals surface area contributed by atoms with Crippen LogP contribution in [0.3, 0.4) is 0 Å². The van der Waals surface area contributed by atoms with Crippen LogP contribution < -0.4 is 4.74 Å². The lowest BCUT2D eigenvalue weighted by molar-refractivity contribution is -0.128. The maximum atomic E-state index is 14.0. The van der Waals surface area contributed by atoms with Gasteiger partial charge in [0.05, 0.1) is 30.8 Å². The van der Waals surface area contributed by atoms with Crippen LogP contribution in [0.2, 0.25) is 0 Å². The number of hydrogen-bond acceptors (Lipinski definition) is 4. The topological polar surface area (TPSA) is 66.2 Å². The van der Waals surface area contributed by atoms with Crippen molar-refractivity contribution in [2.24, 2.45) is 0 Å². The van der Waals surface area contributed by atoms with Crippen molar-refractivity contribution >= 4 is 5.91 Å². The number of alkyl halides is 1. The number of benzene rings is 1. The van der Waals surface area contributed by atoms with Gasteiger partial charge >= 0.3 is 0 Å². The van der Waals surface area contributed by atoms with E-state index in [2.05, 4.69) is 11.6 Å². The summed E-state index contributed by atoms with van der Waals surface area (Å²) in [6, 6.07) is 14.5. The number of nitriles is 1. The number of carbonyl (C=O) groups is 1. The summed E-state index contributed by atoms with van der Waals surface area (Å²) in [5, 5.41) is 8.88. The average molecular weight is 379 g/mol. The van der Waals surface area contributed by atoms with Crippen molar-refractivity contribution in [3.8, 4) is 11.9 Å². The lowest BCUT2D eigenvalue weighted by atomic mass is 10.0. The molecule has 0 aliphatic carbocycles. The Labute approximate surface area is 164 Å². The lowest BCUT2D eigenvalue weighted by Crippen LogP contribution is -2.32. The van der Waals surface area contributed by atoms with Crippen molar-refractivity contribution in [3.63, 3.8) is 0 Å². The molecular weight excluding hydrogens is 357 g/mol. The highest BCUT2D eigenvalue weighted by molar-refractivity contribution is 5.93. The second kappa shape index (κ2) is 9.14. The molecule has 0 saturated carbocycles. The molecule has 2 heterocycles. The van der Waals surface area contributed by atoms with E-state index in [1.165, 1.54) is 6.20 Å². The van der Waals surface area contributed by atoms with Gasteiger partial charge in [-0.05, 0) is 24.5 Å². The molecule has 1 aromatic heterocycles. The number of rotatable bonds is 7. The fraction of sp³-hybridized carbons (Fsp3) is 0.318. The summed E-state index contributed by atoms with van der Waals surface area (Å²) in [5.41, 5.74) is 1.86. The Bertz CT molecular complexity index is 879. The molecule has 2 atom stereocenters. The van der Waals surface area contributed by atoms with Crippen LogP contribution in [0, 0.1) is 11.3 Å². The van der Waals surface area contributed by atoms with Gasteiger partial charge in [-0.3, -0.25) is 4.79 Å². The predicted octanol–water partition coefficient (Wildman–Crippen LogP) is 3.98. The van der Waals surface area contributed by atoms with Crippen LogP contribution >= 0.6 is 0 Å². The Morgan fingerprint density at radius 1 is 1.36 bits per heavy atom. The van der Waals surface area contributed by atoms with Crippen LogP contribution in [0.5, 0.6) is 5.88 Å². The molecular formula is C22H22FN3O2. The Kier molecular flexibility index (Phi) is 6.38. The number of nitrogens with zero attached hydrogens (tertiary/aromatic N) is 3. The van der Waals surface area contributed by atoms with Crippen LogP contribution in [0.4, 0.5) is 4.39 Å². The standard InChI is InChI=1S/C22H22FN3O2/c1-16(6-5-11-28-21-12-17(14-24)9-10-25-21)22(27)26-15-19(23)13-20(26)18-7-3-2-4-8-18/h2-4,7-10,12,19-20H,1,5-6,11,13,15H2. The van der Waals surface area contributed by atoms with E-state index in [9.17, 15) is 9.18 Å². The van der Waals surface area contributed by atoms with Crippen molar-refractivity contribution in [1.82, 2.24) is 9.88 Å². The second-order valence-corrected chi connectivity index (χ2v) is 6.77. The normalized spacial score (nSPS) is 18.5. The number of halogens is 1. The average Bonchev–Trinajstić information content (AvgIpc) is 3.13. The first kappa shape index (κ1) is 19.6. The van der Waals surface area contributed by atoms with Crippen molar-refractivity contribution < 1.29 is 13.9 Å². The zero-order valence-corrected chi connectivity index (χ0v) is 15.6. The Balaban J connectivity index is 1.52. The van der Waals surface area contributed by atoms with Gasteiger partial charge in [-0.1, -0.05) is 36.9 Å². The summed E-state index contributed by atoms with van der Waals surface area (Å²) in [6.07, 6.45) is 1.83. The molecule has 1 fully saturated rings.